The molecule has 0 spiro atoms. The average Bonchev–Trinajstić information content (AvgIpc) is 2.16. The third-order valence-electron chi connectivity index (χ3n) is 2.13. The Balaban J connectivity index is 2.55. The van der Waals surface area contributed by atoms with Crippen LogP contribution in [0.3, 0.4) is 0 Å². The molecule has 1 aromatic rings. The van der Waals surface area contributed by atoms with Crippen LogP contribution in [-0.2, 0) is 0 Å². The quantitative estimate of drug-likeness (QED) is 0.691. The summed E-state index contributed by atoms with van der Waals surface area (Å²) in [5, 5.41) is 15.5. The zero-order valence-corrected chi connectivity index (χ0v) is 9.49. The van der Waals surface area contributed by atoms with E-state index in [-0.39, 0.29) is 12.1 Å². The Labute approximate surface area is 90.7 Å². The van der Waals surface area contributed by atoms with Gasteiger partial charge in [0.2, 0.25) is 0 Å². The van der Waals surface area contributed by atoms with Gasteiger partial charge in [0.25, 0.3) is 0 Å². The fraction of sp³-hybridized carbons (Fsp3) is 0.545. The second kappa shape index (κ2) is 5.56. The highest BCUT2D eigenvalue weighted by atomic mass is 16.3. The molecule has 4 nitrogen and oxygen atoms in total. The van der Waals surface area contributed by atoms with Crippen LogP contribution in [0.4, 0.5) is 11.4 Å². The zero-order chi connectivity index (χ0) is 11.3. The minimum Gasteiger partial charge on any atom is -0.393 e. The van der Waals surface area contributed by atoms with E-state index in [1.807, 2.05) is 20.0 Å². The highest BCUT2D eigenvalue weighted by Crippen LogP contribution is 2.14. The maximum Gasteiger partial charge on any atom is 0.0549 e. The van der Waals surface area contributed by atoms with E-state index < -0.39 is 0 Å². The van der Waals surface area contributed by atoms with E-state index in [0.29, 0.717) is 0 Å². The van der Waals surface area contributed by atoms with Gasteiger partial charge in [-0.3, -0.25) is 4.98 Å². The van der Waals surface area contributed by atoms with Crippen molar-refractivity contribution in [2.45, 2.75) is 32.4 Å². The third kappa shape index (κ3) is 4.16. The zero-order valence-electron chi connectivity index (χ0n) is 9.49. The first-order valence-electron chi connectivity index (χ1n) is 5.19. The molecule has 2 atom stereocenters. The molecule has 0 amide bonds. The van der Waals surface area contributed by atoms with Crippen molar-refractivity contribution in [2.75, 3.05) is 17.7 Å². The van der Waals surface area contributed by atoms with Gasteiger partial charge in [-0.15, -0.1) is 0 Å². The molecule has 0 aliphatic carbocycles. The lowest BCUT2D eigenvalue weighted by molar-refractivity contribution is 0.179. The number of aliphatic hydroxyl groups is 1. The number of aromatic nitrogens is 1. The van der Waals surface area contributed by atoms with E-state index >= 15 is 0 Å². The van der Waals surface area contributed by atoms with Crippen LogP contribution in [0.5, 0.6) is 0 Å². The summed E-state index contributed by atoms with van der Waals surface area (Å²) < 4.78 is 0. The van der Waals surface area contributed by atoms with Crippen molar-refractivity contribution in [1.82, 2.24) is 4.98 Å². The summed E-state index contributed by atoms with van der Waals surface area (Å²) >= 11 is 0. The van der Waals surface area contributed by atoms with Gasteiger partial charge >= 0.3 is 0 Å². The molecule has 0 saturated carbocycles. The summed E-state index contributed by atoms with van der Waals surface area (Å²) in [5.41, 5.74) is 1.94. The Kier molecular flexibility index (Phi) is 4.37. The largest absolute Gasteiger partial charge is 0.393 e. The van der Waals surface area contributed by atoms with E-state index in [1.165, 1.54) is 0 Å². The van der Waals surface area contributed by atoms with Gasteiger partial charge in [-0.25, -0.2) is 0 Å². The van der Waals surface area contributed by atoms with Crippen LogP contribution < -0.4 is 10.6 Å². The van der Waals surface area contributed by atoms with Gasteiger partial charge in [0.05, 0.1) is 29.9 Å². The highest BCUT2D eigenvalue weighted by Gasteiger charge is 2.06. The molecule has 0 aromatic carbocycles. The van der Waals surface area contributed by atoms with Crippen molar-refractivity contribution < 1.29 is 5.11 Å². The van der Waals surface area contributed by atoms with Crippen LogP contribution in [0.25, 0.3) is 0 Å². The maximum absolute atomic E-state index is 9.23. The standard InChI is InChI=1S/C11H19N3O/c1-8(4-9(2)15)14-11-5-10(12-3)6-13-7-11/h5-9,12,14-15H,4H2,1-3H3. The minimum absolute atomic E-state index is 0.235. The lowest BCUT2D eigenvalue weighted by Crippen LogP contribution is -2.20. The van der Waals surface area contributed by atoms with Crippen molar-refractivity contribution in [3.63, 3.8) is 0 Å². The number of nitrogens with zero attached hydrogens (tertiary/aromatic N) is 1. The Morgan fingerprint density at radius 3 is 2.60 bits per heavy atom. The number of hydrogen-bond acceptors (Lipinski definition) is 4. The Morgan fingerprint density at radius 2 is 2.00 bits per heavy atom. The van der Waals surface area contributed by atoms with Crippen molar-refractivity contribution >= 4 is 11.4 Å². The van der Waals surface area contributed by atoms with Gasteiger partial charge in [-0.2, -0.15) is 0 Å². The van der Waals surface area contributed by atoms with E-state index in [1.54, 1.807) is 19.3 Å². The summed E-state index contributed by atoms with van der Waals surface area (Å²) in [7, 11) is 1.86. The van der Waals surface area contributed by atoms with E-state index in [0.717, 1.165) is 17.8 Å². The van der Waals surface area contributed by atoms with Gasteiger partial charge in [0.15, 0.2) is 0 Å². The molecule has 0 aliphatic heterocycles. The summed E-state index contributed by atoms with van der Waals surface area (Å²) in [6.45, 7) is 3.83. The monoisotopic (exact) mass is 209 g/mol. The molecule has 84 valence electrons. The average molecular weight is 209 g/mol. The summed E-state index contributed by atoms with van der Waals surface area (Å²) in [6.07, 6.45) is 3.99. The third-order valence-corrected chi connectivity index (χ3v) is 2.13. The molecule has 1 aromatic heterocycles. The van der Waals surface area contributed by atoms with Crippen LogP contribution >= 0.6 is 0 Å². The molecule has 3 N–H and O–H groups in total. The molecule has 0 bridgehead atoms. The van der Waals surface area contributed by atoms with Crippen molar-refractivity contribution in [3.05, 3.63) is 18.5 Å². The van der Waals surface area contributed by atoms with Crippen LogP contribution in [0.2, 0.25) is 0 Å². The van der Waals surface area contributed by atoms with Crippen LogP contribution in [0, 0.1) is 0 Å². The van der Waals surface area contributed by atoms with Gasteiger partial charge in [-0.1, -0.05) is 0 Å². The molecule has 0 radical (unpaired) electrons. The van der Waals surface area contributed by atoms with E-state index in [9.17, 15) is 5.11 Å². The van der Waals surface area contributed by atoms with Crippen LogP contribution in [0.15, 0.2) is 18.5 Å². The molecule has 1 heterocycles. The minimum atomic E-state index is -0.284. The molecular formula is C11H19N3O. The van der Waals surface area contributed by atoms with Crippen molar-refractivity contribution in [3.8, 4) is 0 Å². The number of anilines is 2. The van der Waals surface area contributed by atoms with Gasteiger partial charge in [0, 0.05) is 13.1 Å². The van der Waals surface area contributed by atoms with Crippen molar-refractivity contribution in [2.24, 2.45) is 0 Å². The molecule has 4 heteroatoms. The number of hydrogen-bond donors (Lipinski definition) is 3. The second-order valence-corrected chi connectivity index (χ2v) is 3.84. The Bertz CT molecular complexity index is 302. The number of aliphatic hydroxyl groups excluding tert-OH is 1. The smallest absolute Gasteiger partial charge is 0.0549 e. The topological polar surface area (TPSA) is 57.2 Å². The lowest BCUT2D eigenvalue weighted by atomic mass is 10.1. The van der Waals surface area contributed by atoms with Gasteiger partial charge in [-0.05, 0) is 26.3 Å². The Morgan fingerprint density at radius 1 is 1.33 bits per heavy atom. The Hall–Kier alpha value is -1.29. The molecule has 0 aliphatic rings. The predicted molar refractivity (Wildman–Crippen MR) is 63.2 cm³/mol. The number of rotatable bonds is 5. The second-order valence-electron chi connectivity index (χ2n) is 3.84. The van der Waals surface area contributed by atoms with Gasteiger partial charge in [0.1, 0.15) is 0 Å². The molecule has 0 saturated heterocycles. The summed E-state index contributed by atoms with van der Waals surface area (Å²) in [4.78, 5) is 4.10. The molecular weight excluding hydrogens is 190 g/mol. The normalized spacial score (nSPS) is 14.4. The van der Waals surface area contributed by atoms with Crippen LogP contribution in [-0.4, -0.2) is 29.3 Å². The first-order chi connectivity index (χ1) is 7.11. The van der Waals surface area contributed by atoms with Crippen LogP contribution in [0.1, 0.15) is 20.3 Å². The van der Waals surface area contributed by atoms with E-state index in [2.05, 4.69) is 15.6 Å². The maximum atomic E-state index is 9.23. The summed E-state index contributed by atoms with van der Waals surface area (Å²) in [6, 6.07) is 2.23. The molecule has 0 fully saturated rings. The fourth-order valence-corrected chi connectivity index (χ4v) is 1.51. The highest BCUT2D eigenvalue weighted by molar-refractivity contribution is 5.53. The first-order valence-corrected chi connectivity index (χ1v) is 5.19. The number of nitrogens with one attached hydrogen (secondary N) is 2. The van der Waals surface area contributed by atoms with Crippen molar-refractivity contribution in [1.29, 1.82) is 0 Å². The SMILES string of the molecule is CNc1cncc(NC(C)CC(C)O)c1. The summed E-state index contributed by atoms with van der Waals surface area (Å²) in [5.74, 6) is 0. The fourth-order valence-electron chi connectivity index (χ4n) is 1.51. The first kappa shape index (κ1) is 11.8. The van der Waals surface area contributed by atoms with E-state index in [4.69, 9.17) is 0 Å². The molecule has 15 heavy (non-hydrogen) atoms. The predicted octanol–water partition coefficient (Wildman–Crippen LogP) is 1.69. The lowest BCUT2D eigenvalue weighted by Gasteiger charge is -2.16. The molecule has 1 rings (SSSR count). The number of pyridine rings is 1. The molecule has 2 unspecified atom stereocenters. The van der Waals surface area contributed by atoms with Gasteiger partial charge < -0.3 is 15.7 Å².